The van der Waals surface area contributed by atoms with E-state index in [0.29, 0.717) is 32.8 Å². The topological polar surface area (TPSA) is 68.5 Å². The monoisotopic (exact) mass is 391 g/mol. The van der Waals surface area contributed by atoms with Crippen molar-refractivity contribution in [3.63, 3.8) is 0 Å². The average Bonchev–Trinajstić information content (AvgIpc) is 3.03. The van der Waals surface area contributed by atoms with Gasteiger partial charge in [0.25, 0.3) is 5.91 Å². The fourth-order valence-corrected chi connectivity index (χ4v) is 2.99. The summed E-state index contributed by atoms with van der Waals surface area (Å²) < 4.78 is 10.3. The van der Waals surface area contributed by atoms with Crippen LogP contribution < -0.4 is 5.32 Å². The lowest BCUT2D eigenvalue weighted by Crippen LogP contribution is -2.12. The van der Waals surface area contributed by atoms with Gasteiger partial charge in [-0.3, -0.25) is 9.59 Å². The van der Waals surface area contributed by atoms with E-state index < -0.39 is 5.97 Å². The smallest absolute Gasteiger partial charge is 0.310 e. The molecule has 1 amide bonds. The molecule has 0 aliphatic carbocycles. The molecule has 0 bridgehead atoms. The second-order valence-electron chi connectivity index (χ2n) is 5.50. The van der Waals surface area contributed by atoms with E-state index in [0.717, 1.165) is 0 Å². The summed E-state index contributed by atoms with van der Waals surface area (Å²) in [5.74, 6) is -0.766. The fourth-order valence-electron chi connectivity index (χ4n) is 2.53. The number of halogens is 2. The third-order valence-electron chi connectivity index (χ3n) is 3.75. The molecule has 1 aromatic heterocycles. The van der Waals surface area contributed by atoms with Crippen LogP contribution in [0.3, 0.4) is 0 Å². The number of furan rings is 1. The molecule has 2 aromatic carbocycles. The first-order chi connectivity index (χ1) is 12.5. The molecule has 0 unspecified atom stereocenters. The van der Waals surface area contributed by atoms with Crippen LogP contribution in [0.25, 0.3) is 11.0 Å². The number of carbonyl (C=O) groups is 2. The Bertz CT molecular complexity index is 981. The predicted octanol–water partition coefficient (Wildman–Crippen LogP) is 5.10. The number of benzene rings is 2. The van der Waals surface area contributed by atoms with Gasteiger partial charge in [-0.05, 0) is 30.7 Å². The summed E-state index contributed by atoms with van der Waals surface area (Å²) >= 11 is 12.4. The number of fused-ring (bicyclic) bond motifs is 1. The largest absolute Gasteiger partial charge is 0.466 e. The van der Waals surface area contributed by atoms with Crippen LogP contribution in [0, 0.1) is 0 Å². The van der Waals surface area contributed by atoms with Crippen molar-refractivity contribution in [1.29, 1.82) is 0 Å². The summed E-state index contributed by atoms with van der Waals surface area (Å²) in [4.78, 5) is 24.2. The summed E-state index contributed by atoms with van der Waals surface area (Å²) in [7, 11) is 0. The summed E-state index contributed by atoms with van der Waals surface area (Å²) in [5, 5.41) is 4.01. The minimum absolute atomic E-state index is 0.00693. The summed E-state index contributed by atoms with van der Waals surface area (Å²) in [6, 6.07) is 10.3. The zero-order valence-electron chi connectivity index (χ0n) is 13.8. The van der Waals surface area contributed by atoms with Crippen LogP contribution in [0.1, 0.15) is 22.8 Å². The van der Waals surface area contributed by atoms with Gasteiger partial charge in [-0.25, -0.2) is 0 Å². The number of esters is 1. The molecule has 3 rings (SSSR count). The van der Waals surface area contributed by atoms with Crippen molar-refractivity contribution in [3.05, 3.63) is 63.8 Å². The number of carbonyl (C=O) groups excluding carboxylic acids is 2. The molecule has 0 atom stereocenters. The van der Waals surface area contributed by atoms with Crippen LogP contribution in [-0.2, 0) is 16.0 Å². The molecule has 1 N–H and O–H groups in total. The number of nitrogens with one attached hydrogen (secondary N) is 1. The van der Waals surface area contributed by atoms with Gasteiger partial charge in [0.15, 0.2) is 0 Å². The van der Waals surface area contributed by atoms with Crippen LogP contribution in [0.4, 0.5) is 5.69 Å². The number of ether oxygens (including phenoxy) is 1. The van der Waals surface area contributed by atoms with Crippen LogP contribution in [0.15, 0.2) is 47.1 Å². The Morgan fingerprint density at radius 2 is 1.92 bits per heavy atom. The Morgan fingerprint density at radius 1 is 1.15 bits per heavy atom. The van der Waals surface area contributed by atoms with Gasteiger partial charge >= 0.3 is 5.97 Å². The lowest BCUT2D eigenvalue weighted by Gasteiger charge is -2.11. The van der Waals surface area contributed by atoms with Crippen molar-refractivity contribution in [2.75, 3.05) is 11.9 Å². The molecule has 0 saturated heterocycles. The van der Waals surface area contributed by atoms with E-state index >= 15 is 0 Å². The number of rotatable bonds is 5. The highest BCUT2D eigenvalue weighted by molar-refractivity contribution is 6.36. The lowest BCUT2D eigenvalue weighted by molar-refractivity contribution is -0.142. The number of anilines is 1. The molecule has 3 aromatic rings. The van der Waals surface area contributed by atoms with Crippen molar-refractivity contribution < 1.29 is 18.7 Å². The zero-order valence-corrected chi connectivity index (χ0v) is 15.4. The highest BCUT2D eigenvalue weighted by atomic mass is 35.5. The molecule has 7 heteroatoms. The van der Waals surface area contributed by atoms with Crippen LogP contribution in [0.5, 0.6) is 0 Å². The number of hydrogen-bond donors (Lipinski definition) is 1. The maximum atomic E-state index is 12.6. The maximum absolute atomic E-state index is 12.6. The molecule has 0 aliphatic rings. The van der Waals surface area contributed by atoms with Crippen molar-refractivity contribution >= 4 is 51.7 Å². The molecule has 134 valence electrons. The van der Waals surface area contributed by atoms with Crippen molar-refractivity contribution in [1.82, 2.24) is 0 Å². The quantitative estimate of drug-likeness (QED) is 0.614. The molecule has 0 saturated carbocycles. The molecule has 5 nitrogen and oxygen atoms in total. The zero-order chi connectivity index (χ0) is 18.7. The standard InChI is InChI=1S/C19H15Cl2NO4/c1-2-25-18(23)8-11-7-15(21)16(9-14(11)20)22-19(24)13-10-26-17-6-4-3-5-12(13)17/h3-7,9-10H,2,8H2,1H3,(H,22,24). The third-order valence-corrected chi connectivity index (χ3v) is 4.41. The second kappa shape index (κ2) is 7.81. The molecular formula is C19H15Cl2NO4. The minimum Gasteiger partial charge on any atom is -0.466 e. The highest BCUT2D eigenvalue weighted by Gasteiger charge is 2.17. The normalized spacial score (nSPS) is 10.7. The molecule has 0 aliphatic heterocycles. The Kier molecular flexibility index (Phi) is 5.49. The number of amides is 1. The first-order valence-electron chi connectivity index (χ1n) is 7.90. The Morgan fingerprint density at radius 3 is 2.69 bits per heavy atom. The van der Waals surface area contributed by atoms with Gasteiger partial charge in [-0.15, -0.1) is 0 Å². The minimum atomic E-state index is -0.396. The summed E-state index contributed by atoms with van der Waals surface area (Å²) in [6.45, 7) is 2.02. The Balaban J connectivity index is 1.82. The van der Waals surface area contributed by atoms with Gasteiger partial charge in [-0.2, -0.15) is 0 Å². The molecule has 1 heterocycles. The van der Waals surface area contributed by atoms with E-state index in [4.69, 9.17) is 32.4 Å². The molecule has 26 heavy (non-hydrogen) atoms. The number of hydrogen-bond acceptors (Lipinski definition) is 4. The summed E-state index contributed by atoms with van der Waals surface area (Å²) in [6.07, 6.45) is 1.40. The molecule has 0 spiro atoms. The van der Waals surface area contributed by atoms with Crippen LogP contribution in [0.2, 0.25) is 10.0 Å². The molecule has 0 fully saturated rings. The fraction of sp³-hybridized carbons (Fsp3) is 0.158. The van der Waals surface area contributed by atoms with E-state index in [9.17, 15) is 9.59 Å². The van der Waals surface area contributed by atoms with E-state index in [2.05, 4.69) is 5.32 Å². The highest BCUT2D eigenvalue weighted by Crippen LogP contribution is 2.31. The van der Waals surface area contributed by atoms with Gasteiger partial charge in [0.1, 0.15) is 11.8 Å². The average molecular weight is 392 g/mol. The predicted molar refractivity (Wildman–Crippen MR) is 101 cm³/mol. The first kappa shape index (κ1) is 18.3. The second-order valence-corrected chi connectivity index (χ2v) is 6.32. The van der Waals surface area contributed by atoms with E-state index in [1.54, 1.807) is 25.1 Å². The van der Waals surface area contributed by atoms with Gasteiger partial charge in [-0.1, -0.05) is 41.4 Å². The Hall–Kier alpha value is -2.50. The van der Waals surface area contributed by atoms with E-state index in [-0.39, 0.29) is 24.0 Å². The van der Waals surface area contributed by atoms with Gasteiger partial charge in [0.2, 0.25) is 0 Å². The van der Waals surface area contributed by atoms with Crippen molar-refractivity contribution in [2.24, 2.45) is 0 Å². The van der Waals surface area contributed by atoms with Crippen LogP contribution >= 0.6 is 23.2 Å². The third kappa shape index (κ3) is 3.84. The molecule has 0 radical (unpaired) electrons. The van der Waals surface area contributed by atoms with Crippen LogP contribution in [-0.4, -0.2) is 18.5 Å². The van der Waals surface area contributed by atoms with Crippen molar-refractivity contribution in [3.8, 4) is 0 Å². The molecular weight excluding hydrogens is 377 g/mol. The van der Waals surface area contributed by atoms with Gasteiger partial charge < -0.3 is 14.5 Å². The van der Waals surface area contributed by atoms with Gasteiger partial charge in [0, 0.05) is 10.4 Å². The van der Waals surface area contributed by atoms with E-state index in [1.165, 1.54) is 12.3 Å². The SMILES string of the molecule is CCOC(=O)Cc1cc(Cl)c(NC(=O)c2coc3ccccc23)cc1Cl. The van der Waals surface area contributed by atoms with E-state index in [1.807, 2.05) is 12.1 Å². The lowest BCUT2D eigenvalue weighted by atomic mass is 10.1. The van der Waals surface area contributed by atoms with Crippen molar-refractivity contribution in [2.45, 2.75) is 13.3 Å². The number of para-hydroxylation sites is 1. The first-order valence-corrected chi connectivity index (χ1v) is 8.66. The van der Waals surface area contributed by atoms with Gasteiger partial charge in [0.05, 0.1) is 29.3 Å². The maximum Gasteiger partial charge on any atom is 0.310 e. The summed E-state index contributed by atoms with van der Waals surface area (Å²) in [5.41, 5.74) is 1.89. The Labute approximate surface area is 159 Å².